The van der Waals surface area contributed by atoms with Crippen molar-refractivity contribution in [3.05, 3.63) is 22.9 Å². The average Bonchev–Trinajstić information content (AvgIpc) is 1.76. The van der Waals surface area contributed by atoms with E-state index in [1.165, 1.54) is 0 Å². The Morgan fingerprint density at radius 3 is 2.50 bits per heavy atom. The van der Waals surface area contributed by atoms with Crippen LogP contribution in [-0.4, -0.2) is 0 Å². The quantitative estimate of drug-likeness (QED) is 0.431. The van der Waals surface area contributed by atoms with Crippen molar-refractivity contribution in [2.75, 3.05) is 0 Å². The van der Waals surface area contributed by atoms with Crippen molar-refractivity contribution in [3.8, 4) is 0 Å². The fourth-order valence-corrected chi connectivity index (χ4v) is 0.589. The molecule has 0 saturated carbocycles. The molecule has 0 N–H and O–H groups in total. The van der Waals surface area contributed by atoms with E-state index in [0.29, 0.717) is 0 Å². The molecule has 0 fully saturated rings. The van der Waals surface area contributed by atoms with Gasteiger partial charge in [-0.15, -0.1) is 5.38 Å². The number of hydrogen-bond donors (Lipinski definition) is 0. The van der Waals surface area contributed by atoms with E-state index in [0.717, 1.165) is 0 Å². The molecule has 0 aliphatic carbocycles. The third kappa shape index (κ3) is 1.78. The van der Waals surface area contributed by atoms with Crippen LogP contribution in [0.4, 0.5) is 0 Å². The van der Waals surface area contributed by atoms with Gasteiger partial charge in [-0.3, -0.25) is 0 Å². The Bertz CT molecular complexity index is 64.0. The monoisotopic (exact) mass is 190 g/mol. The molecule has 0 atom stereocenters. The Labute approximate surface area is 56.7 Å². The van der Waals surface area contributed by atoms with Gasteiger partial charge in [0.05, 0.1) is 0 Å². The largest absolute Gasteiger partial charge is 1.00 e. The van der Waals surface area contributed by atoms with Crippen LogP contribution in [0.15, 0.2) is 17.5 Å². The van der Waals surface area contributed by atoms with Crippen LogP contribution in [0.2, 0.25) is 0 Å². The summed E-state index contributed by atoms with van der Waals surface area (Å²) < 4.78 is 0. The molecule has 0 aliphatic rings. The van der Waals surface area contributed by atoms with E-state index in [2.05, 4.69) is 5.38 Å². The second kappa shape index (κ2) is 3.62. The summed E-state index contributed by atoms with van der Waals surface area (Å²) in [6.45, 7) is 0. The third-order valence-electron chi connectivity index (χ3n) is 0.379. The molecule has 6 heavy (non-hydrogen) atoms. The van der Waals surface area contributed by atoms with Gasteiger partial charge in [0.25, 0.3) is 0 Å². The summed E-state index contributed by atoms with van der Waals surface area (Å²) in [4.78, 5) is 0. The normalized spacial score (nSPS) is 6.67. The second-order valence-corrected chi connectivity index (χ2v) is 1.47. The summed E-state index contributed by atoms with van der Waals surface area (Å²) >= 11 is 1.59. The zero-order valence-corrected chi connectivity index (χ0v) is 5.24. The van der Waals surface area contributed by atoms with E-state index in [-0.39, 0.29) is 22.4 Å². The fourth-order valence-electron chi connectivity index (χ4n) is 0.196. The predicted octanol–water partition coefficient (Wildman–Crippen LogP) is 1.55. The number of hydrogen-bond acceptors (Lipinski definition) is 1. The average molecular weight is 191 g/mol. The molecule has 1 heterocycles. The van der Waals surface area contributed by atoms with E-state index in [1.807, 2.05) is 17.5 Å². The number of rotatable bonds is 0. The SMILES string of the molecule is [Ag+].[c-]1cccs1. The summed E-state index contributed by atoms with van der Waals surface area (Å²) in [6.07, 6.45) is 0. The molecular formula is C4H3AgS. The van der Waals surface area contributed by atoms with Crippen LogP contribution >= 0.6 is 11.3 Å². The van der Waals surface area contributed by atoms with Crippen molar-refractivity contribution in [3.63, 3.8) is 0 Å². The summed E-state index contributed by atoms with van der Waals surface area (Å²) in [5.74, 6) is 0. The van der Waals surface area contributed by atoms with Gasteiger partial charge in [-0.2, -0.15) is 11.4 Å². The van der Waals surface area contributed by atoms with Crippen LogP contribution in [0.1, 0.15) is 0 Å². The molecule has 0 aromatic carbocycles. The maximum Gasteiger partial charge on any atom is 1.00 e. The molecular weight excluding hydrogens is 188 g/mol. The first-order valence-electron chi connectivity index (χ1n) is 1.40. The van der Waals surface area contributed by atoms with Gasteiger partial charge < -0.3 is 11.3 Å². The summed E-state index contributed by atoms with van der Waals surface area (Å²) in [5.41, 5.74) is 0. The van der Waals surface area contributed by atoms with Crippen LogP contribution < -0.4 is 0 Å². The topological polar surface area (TPSA) is 0 Å². The smallest absolute Gasteiger partial charge is 0.304 e. The van der Waals surface area contributed by atoms with Crippen molar-refractivity contribution >= 4 is 11.3 Å². The zero-order valence-electron chi connectivity index (χ0n) is 2.94. The molecule has 0 amide bonds. The van der Waals surface area contributed by atoms with Gasteiger partial charge >= 0.3 is 22.4 Å². The minimum absolute atomic E-state index is 0. The molecule has 0 spiro atoms. The summed E-state index contributed by atoms with van der Waals surface area (Å²) in [5, 5.41) is 4.89. The molecule has 0 radical (unpaired) electrons. The molecule has 0 aliphatic heterocycles. The van der Waals surface area contributed by atoms with Crippen LogP contribution in [0.3, 0.4) is 0 Å². The van der Waals surface area contributed by atoms with E-state index in [9.17, 15) is 0 Å². The molecule has 1 aromatic rings. The van der Waals surface area contributed by atoms with Crippen LogP contribution in [0, 0.1) is 5.38 Å². The van der Waals surface area contributed by atoms with Gasteiger partial charge in [0.15, 0.2) is 0 Å². The molecule has 1 rings (SSSR count). The maximum atomic E-state index is 2.90. The number of thiophene rings is 1. The van der Waals surface area contributed by atoms with E-state index < -0.39 is 0 Å². The summed E-state index contributed by atoms with van der Waals surface area (Å²) in [6, 6.07) is 3.86. The zero-order chi connectivity index (χ0) is 3.54. The van der Waals surface area contributed by atoms with Crippen molar-refractivity contribution in [1.82, 2.24) is 0 Å². The predicted molar refractivity (Wildman–Crippen MR) is 23.2 cm³/mol. The van der Waals surface area contributed by atoms with Gasteiger partial charge in [0.2, 0.25) is 0 Å². The van der Waals surface area contributed by atoms with Gasteiger partial charge in [0.1, 0.15) is 0 Å². The van der Waals surface area contributed by atoms with Crippen molar-refractivity contribution in [1.29, 1.82) is 0 Å². The van der Waals surface area contributed by atoms with Gasteiger partial charge in [0, 0.05) is 0 Å². The molecule has 2 heteroatoms. The standard InChI is InChI=1S/C4H3S.Ag/c1-2-4-5-3-1;/h1-3H;/q-1;+1. The van der Waals surface area contributed by atoms with Crippen molar-refractivity contribution < 1.29 is 22.4 Å². The minimum atomic E-state index is 0. The first-order chi connectivity index (χ1) is 2.50. The van der Waals surface area contributed by atoms with E-state index in [1.54, 1.807) is 11.3 Å². The van der Waals surface area contributed by atoms with Crippen LogP contribution in [0.5, 0.6) is 0 Å². The Balaban J connectivity index is 0.000000250. The van der Waals surface area contributed by atoms with Gasteiger partial charge in [-0.05, 0) is 0 Å². The van der Waals surface area contributed by atoms with Crippen LogP contribution in [0.25, 0.3) is 0 Å². The molecule has 0 saturated heterocycles. The Morgan fingerprint density at radius 1 is 1.50 bits per heavy atom. The van der Waals surface area contributed by atoms with E-state index >= 15 is 0 Å². The van der Waals surface area contributed by atoms with E-state index in [4.69, 9.17) is 0 Å². The summed E-state index contributed by atoms with van der Waals surface area (Å²) in [7, 11) is 0. The van der Waals surface area contributed by atoms with Crippen molar-refractivity contribution in [2.45, 2.75) is 0 Å². The first-order valence-corrected chi connectivity index (χ1v) is 2.27. The fraction of sp³-hybridized carbons (Fsp3) is 0. The molecule has 0 nitrogen and oxygen atoms in total. The minimum Gasteiger partial charge on any atom is -0.304 e. The Morgan fingerprint density at radius 2 is 2.33 bits per heavy atom. The molecule has 0 unspecified atom stereocenters. The molecule has 36 valence electrons. The van der Waals surface area contributed by atoms with Crippen LogP contribution in [-0.2, 0) is 22.4 Å². The van der Waals surface area contributed by atoms with Crippen molar-refractivity contribution in [2.24, 2.45) is 0 Å². The van der Waals surface area contributed by atoms with Gasteiger partial charge in [-0.25, -0.2) is 6.07 Å². The molecule has 0 bridgehead atoms. The Hall–Kier alpha value is 0.440. The maximum absolute atomic E-state index is 2.90. The first kappa shape index (κ1) is 6.44. The van der Waals surface area contributed by atoms with Gasteiger partial charge in [-0.1, -0.05) is 0 Å². The third-order valence-corrected chi connectivity index (χ3v) is 0.944. The second-order valence-electron chi connectivity index (χ2n) is 0.731. The Kier molecular flexibility index (Phi) is 3.89. The molecule has 1 aromatic heterocycles.